The van der Waals surface area contributed by atoms with E-state index in [1.54, 1.807) is 14.1 Å². The molecule has 0 bridgehead atoms. The number of aromatic nitrogens is 4. The standard InChI is InChI=1S/C14H12N10/c1-23-11(7-17)9(5-15)21-13(23)19-3-4-20-14-22-10(6-16)12(8-18)24(14)2/h3-4H2,1-2H3,(H,19,21)(H,20,22). The number of rotatable bonds is 5. The SMILES string of the molecule is Cn1c(NCCNc2nc(C#N)c(C#N)n2C)nc(C#N)c1C#N. The Hall–Kier alpha value is -4.02. The van der Waals surface area contributed by atoms with E-state index in [0.29, 0.717) is 25.0 Å². The van der Waals surface area contributed by atoms with Crippen LogP contribution in [0.4, 0.5) is 11.9 Å². The Morgan fingerprint density at radius 2 is 1.12 bits per heavy atom. The monoisotopic (exact) mass is 320 g/mol. The lowest BCUT2D eigenvalue weighted by molar-refractivity contribution is 0.868. The maximum absolute atomic E-state index is 9.00. The normalized spacial score (nSPS) is 9.42. The van der Waals surface area contributed by atoms with Gasteiger partial charge in [0, 0.05) is 27.2 Å². The Labute approximate surface area is 137 Å². The summed E-state index contributed by atoms with van der Waals surface area (Å²) in [5.41, 5.74) is 0.512. The van der Waals surface area contributed by atoms with Crippen molar-refractivity contribution >= 4 is 11.9 Å². The molecule has 2 heterocycles. The van der Waals surface area contributed by atoms with Crippen LogP contribution >= 0.6 is 0 Å². The Morgan fingerprint density at radius 3 is 1.38 bits per heavy atom. The number of imidazole rings is 2. The summed E-state index contributed by atoms with van der Waals surface area (Å²) in [4.78, 5) is 8.08. The van der Waals surface area contributed by atoms with Crippen molar-refractivity contribution in [1.82, 2.24) is 19.1 Å². The fraction of sp³-hybridized carbons (Fsp3) is 0.286. The largest absolute Gasteiger partial charge is 0.354 e. The Balaban J connectivity index is 2.01. The molecule has 0 atom stereocenters. The summed E-state index contributed by atoms with van der Waals surface area (Å²) in [7, 11) is 3.28. The minimum atomic E-state index is 0.0666. The zero-order valence-electron chi connectivity index (χ0n) is 13.0. The van der Waals surface area contributed by atoms with Crippen LogP contribution in [0.2, 0.25) is 0 Å². The molecule has 0 unspecified atom stereocenters. The van der Waals surface area contributed by atoms with E-state index in [9.17, 15) is 0 Å². The number of nitrogens with one attached hydrogen (secondary N) is 2. The van der Waals surface area contributed by atoms with E-state index in [0.717, 1.165) is 0 Å². The van der Waals surface area contributed by atoms with Crippen molar-refractivity contribution in [2.75, 3.05) is 23.7 Å². The predicted molar refractivity (Wildman–Crippen MR) is 82.3 cm³/mol. The third kappa shape index (κ3) is 2.81. The summed E-state index contributed by atoms with van der Waals surface area (Å²) in [5.74, 6) is 0.806. The first-order chi connectivity index (χ1) is 11.6. The summed E-state index contributed by atoms with van der Waals surface area (Å²) < 4.78 is 3.00. The van der Waals surface area contributed by atoms with E-state index in [4.69, 9.17) is 21.0 Å². The Kier molecular flexibility index (Phi) is 4.65. The third-order valence-corrected chi connectivity index (χ3v) is 3.31. The number of hydrogen-bond donors (Lipinski definition) is 2. The molecule has 0 amide bonds. The first-order valence-corrected chi connectivity index (χ1v) is 6.78. The van der Waals surface area contributed by atoms with Crippen LogP contribution in [0.3, 0.4) is 0 Å². The van der Waals surface area contributed by atoms with Crippen LogP contribution in [-0.4, -0.2) is 32.2 Å². The number of nitrogens with zero attached hydrogens (tertiary/aromatic N) is 8. The second-order valence-corrected chi connectivity index (χ2v) is 4.68. The lowest BCUT2D eigenvalue weighted by atomic mass is 10.4. The van der Waals surface area contributed by atoms with Crippen molar-refractivity contribution < 1.29 is 0 Å². The second-order valence-electron chi connectivity index (χ2n) is 4.68. The first-order valence-electron chi connectivity index (χ1n) is 6.78. The molecular weight excluding hydrogens is 308 g/mol. The molecule has 0 aromatic carbocycles. The average molecular weight is 320 g/mol. The van der Waals surface area contributed by atoms with Gasteiger partial charge in [0.1, 0.15) is 24.3 Å². The molecule has 2 N–H and O–H groups in total. The van der Waals surface area contributed by atoms with Crippen LogP contribution in [0.15, 0.2) is 0 Å². The van der Waals surface area contributed by atoms with Crippen LogP contribution in [0.5, 0.6) is 0 Å². The van der Waals surface area contributed by atoms with Crippen molar-refractivity contribution in [2.24, 2.45) is 14.1 Å². The van der Waals surface area contributed by atoms with Gasteiger partial charge in [-0.15, -0.1) is 0 Å². The van der Waals surface area contributed by atoms with Crippen molar-refractivity contribution in [1.29, 1.82) is 21.0 Å². The molecule has 0 aliphatic carbocycles. The molecule has 0 aliphatic heterocycles. The Morgan fingerprint density at radius 1 is 0.750 bits per heavy atom. The van der Waals surface area contributed by atoms with E-state index in [1.807, 2.05) is 24.3 Å². The number of anilines is 2. The van der Waals surface area contributed by atoms with E-state index >= 15 is 0 Å². The minimum absolute atomic E-state index is 0.0666. The summed E-state index contributed by atoms with van der Waals surface area (Å²) in [6.07, 6.45) is 0. The van der Waals surface area contributed by atoms with Gasteiger partial charge in [0.2, 0.25) is 11.9 Å². The third-order valence-electron chi connectivity index (χ3n) is 3.31. The zero-order valence-corrected chi connectivity index (χ0v) is 13.0. The van der Waals surface area contributed by atoms with Gasteiger partial charge in [-0.25, -0.2) is 9.97 Å². The molecule has 10 nitrogen and oxygen atoms in total. The summed E-state index contributed by atoms with van der Waals surface area (Å²) >= 11 is 0. The topological polar surface area (TPSA) is 155 Å². The number of nitriles is 4. The van der Waals surface area contributed by atoms with Gasteiger partial charge in [0.15, 0.2) is 22.8 Å². The molecule has 0 saturated carbocycles. The quantitative estimate of drug-likeness (QED) is 0.738. The highest BCUT2D eigenvalue weighted by molar-refractivity contribution is 5.46. The van der Waals surface area contributed by atoms with Crippen LogP contribution in [0.25, 0.3) is 0 Å². The lowest BCUT2D eigenvalue weighted by Crippen LogP contribution is -2.17. The van der Waals surface area contributed by atoms with Gasteiger partial charge in [-0.2, -0.15) is 21.0 Å². The fourth-order valence-corrected chi connectivity index (χ4v) is 2.07. The maximum atomic E-state index is 9.00. The lowest BCUT2D eigenvalue weighted by Gasteiger charge is -2.08. The highest BCUT2D eigenvalue weighted by atomic mass is 15.2. The van der Waals surface area contributed by atoms with Crippen molar-refractivity contribution in [3.63, 3.8) is 0 Å². The van der Waals surface area contributed by atoms with Crippen LogP contribution in [0, 0.1) is 45.3 Å². The molecule has 2 rings (SSSR count). The van der Waals surface area contributed by atoms with E-state index in [-0.39, 0.29) is 22.8 Å². The molecule has 118 valence electrons. The molecule has 10 heteroatoms. The van der Waals surface area contributed by atoms with Crippen LogP contribution < -0.4 is 10.6 Å². The van der Waals surface area contributed by atoms with E-state index in [1.165, 1.54) is 9.13 Å². The van der Waals surface area contributed by atoms with Gasteiger partial charge in [-0.3, -0.25) is 0 Å². The first kappa shape index (κ1) is 16.4. The molecule has 0 fully saturated rings. The second kappa shape index (κ2) is 6.83. The summed E-state index contributed by atoms with van der Waals surface area (Å²) in [5, 5.41) is 41.9. The van der Waals surface area contributed by atoms with E-state index < -0.39 is 0 Å². The molecule has 0 aliphatic rings. The predicted octanol–water partition coefficient (Wildman–Crippen LogP) is 0.164. The number of hydrogen-bond acceptors (Lipinski definition) is 8. The maximum Gasteiger partial charge on any atom is 0.204 e. The van der Waals surface area contributed by atoms with E-state index in [2.05, 4.69) is 20.6 Å². The van der Waals surface area contributed by atoms with Gasteiger partial charge in [0.25, 0.3) is 0 Å². The fourth-order valence-electron chi connectivity index (χ4n) is 2.07. The molecule has 2 aromatic heterocycles. The van der Waals surface area contributed by atoms with Gasteiger partial charge in [-0.05, 0) is 0 Å². The molecule has 2 aromatic rings. The van der Waals surface area contributed by atoms with Crippen molar-refractivity contribution in [3.8, 4) is 24.3 Å². The van der Waals surface area contributed by atoms with Crippen LogP contribution in [-0.2, 0) is 14.1 Å². The summed E-state index contributed by atoms with van der Waals surface area (Å²) in [6.45, 7) is 0.856. The highest BCUT2D eigenvalue weighted by Crippen LogP contribution is 2.14. The van der Waals surface area contributed by atoms with Crippen LogP contribution in [0.1, 0.15) is 22.8 Å². The molecule has 0 spiro atoms. The molecule has 24 heavy (non-hydrogen) atoms. The van der Waals surface area contributed by atoms with Gasteiger partial charge < -0.3 is 19.8 Å². The zero-order chi connectivity index (χ0) is 17.7. The average Bonchev–Trinajstić information content (AvgIpc) is 3.07. The van der Waals surface area contributed by atoms with Crippen molar-refractivity contribution in [3.05, 3.63) is 22.8 Å². The smallest absolute Gasteiger partial charge is 0.204 e. The van der Waals surface area contributed by atoms with Crippen molar-refractivity contribution in [2.45, 2.75) is 0 Å². The van der Waals surface area contributed by atoms with Gasteiger partial charge in [0.05, 0.1) is 0 Å². The molecular formula is C14H12N10. The minimum Gasteiger partial charge on any atom is -0.354 e. The molecule has 0 radical (unpaired) electrons. The van der Waals surface area contributed by atoms with Gasteiger partial charge in [-0.1, -0.05) is 0 Å². The van der Waals surface area contributed by atoms with Gasteiger partial charge >= 0.3 is 0 Å². The molecule has 0 saturated heterocycles. The summed E-state index contributed by atoms with van der Waals surface area (Å²) in [6, 6.07) is 7.59. The Bertz CT molecular complexity index is 857. The highest BCUT2D eigenvalue weighted by Gasteiger charge is 2.15.